The van der Waals surface area contributed by atoms with Gasteiger partial charge in [-0.15, -0.1) is 0 Å². The van der Waals surface area contributed by atoms with Gasteiger partial charge in [-0.2, -0.15) is 0 Å². The Morgan fingerprint density at radius 3 is 1.94 bits per heavy atom. The van der Waals surface area contributed by atoms with Crippen LogP contribution in [0.1, 0.15) is 50.9 Å². The fourth-order valence-corrected chi connectivity index (χ4v) is 0.784. The molecule has 1 aromatic rings. The van der Waals surface area contributed by atoms with E-state index in [2.05, 4.69) is 24.9 Å². The molecule has 0 aliphatic carbocycles. The lowest BCUT2D eigenvalue weighted by molar-refractivity contribution is -0.116. The lowest BCUT2D eigenvalue weighted by Gasteiger charge is -1.97. The Morgan fingerprint density at radius 2 is 1.69 bits per heavy atom. The average Bonchev–Trinajstić information content (AvgIpc) is 2.27. The van der Waals surface area contributed by atoms with Gasteiger partial charge >= 0.3 is 0 Å². The van der Waals surface area contributed by atoms with Gasteiger partial charge in [0.05, 0.1) is 0 Å². The van der Waals surface area contributed by atoms with Crippen molar-refractivity contribution in [2.45, 2.75) is 54.9 Å². The van der Waals surface area contributed by atoms with Crippen LogP contribution in [0.25, 0.3) is 0 Å². The van der Waals surface area contributed by atoms with Crippen LogP contribution in [0.3, 0.4) is 0 Å². The number of hydrogen-bond acceptors (Lipinski definition) is 2. The van der Waals surface area contributed by atoms with Crippen molar-refractivity contribution in [3.8, 4) is 0 Å². The number of carbonyl (C=O) groups is 1. The van der Waals surface area contributed by atoms with E-state index in [9.17, 15) is 4.79 Å². The summed E-state index contributed by atoms with van der Waals surface area (Å²) < 4.78 is 0. The molecule has 1 aromatic heterocycles. The average molecular weight is 223 g/mol. The molecular formula is C14H25NO. The van der Waals surface area contributed by atoms with Crippen molar-refractivity contribution in [1.82, 2.24) is 4.98 Å². The molecule has 1 heterocycles. The maximum atomic E-state index is 9.81. The highest BCUT2D eigenvalue weighted by molar-refractivity contribution is 5.74. The molecular weight excluding hydrogens is 198 g/mol. The fraction of sp³-hybridized carbons (Fsp3) is 0.571. The van der Waals surface area contributed by atoms with Gasteiger partial charge < -0.3 is 4.79 Å². The molecule has 0 saturated heterocycles. The number of rotatable bonds is 1. The third kappa shape index (κ3) is 9.38. The van der Waals surface area contributed by atoms with Crippen LogP contribution < -0.4 is 0 Å². The maximum absolute atomic E-state index is 9.81. The first-order chi connectivity index (χ1) is 7.47. The van der Waals surface area contributed by atoms with Crippen molar-refractivity contribution in [2.24, 2.45) is 0 Å². The van der Waals surface area contributed by atoms with E-state index in [-0.39, 0.29) is 5.78 Å². The van der Waals surface area contributed by atoms with Crippen molar-refractivity contribution in [2.75, 3.05) is 0 Å². The van der Waals surface area contributed by atoms with Crippen LogP contribution >= 0.6 is 0 Å². The zero-order valence-corrected chi connectivity index (χ0v) is 11.7. The molecule has 2 heteroatoms. The Morgan fingerprint density at radius 1 is 1.25 bits per heavy atom. The third-order valence-electron chi connectivity index (χ3n) is 1.97. The number of aromatic nitrogens is 1. The van der Waals surface area contributed by atoms with E-state index in [1.54, 1.807) is 6.92 Å². The van der Waals surface area contributed by atoms with Gasteiger partial charge in [-0.25, -0.2) is 0 Å². The summed E-state index contributed by atoms with van der Waals surface area (Å²) in [4.78, 5) is 14.0. The van der Waals surface area contributed by atoms with Gasteiger partial charge in [0.2, 0.25) is 0 Å². The minimum absolute atomic E-state index is 0.255. The second kappa shape index (κ2) is 10.3. The van der Waals surface area contributed by atoms with Crippen LogP contribution in [0, 0.1) is 20.8 Å². The quantitative estimate of drug-likeness (QED) is 0.719. The molecule has 0 radical (unpaired) electrons. The van der Waals surface area contributed by atoms with E-state index in [4.69, 9.17) is 0 Å². The van der Waals surface area contributed by atoms with Gasteiger partial charge in [-0.05, 0) is 38.8 Å². The molecule has 2 nitrogen and oxygen atoms in total. The molecule has 16 heavy (non-hydrogen) atoms. The first kappa shape index (κ1) is 17.2. The molecule has 0 bridgehead atoms. The third-order valence-corrected chi connectivity index (χ3v) is 1.97. The van der Waals surface area contributed by atoms with E-state index in [1.807, 2.05) is 33.9 Å². The fourth-order valence-electron chi connectivity index (χ4n) is 0.784. The van der Waals surface area contributed by atoms with Gasteiger partial charge in [0, 0.05) is 18.3 Å². The Hall–Kier alpha value is -1.18. The molecule has 0 aliphatic heterocycles. The lowest BCUT2D eigenvalue weighted by Crippen LogP contribution is -1.85. The number of aryl methyl sites for hydroxylation is 3. The number of ketones is 1. The highest BCUT2D eigenvalue weighted by atomic mass is 16.1. The zero-order chi connectivity index (χ0) is 13.1. The molecule has 0 aromatic carbocycles. The van der Waals surface area contributed by atoms with E-state index in [0.29, 0.717) is 6.42 Å². The van der Waals surface area contributed by atoms with Gasteiger partial charge in [-0.1, -0.05) is 26.8 Å². The topological polar surface area (TPSA) is 30.0 Å². The van der Waals surface area contributed by atoms with Crippen LogP contribution in [0.4, 0.5) is 0 Å². The molecule has 92 valence electrons. The van der Waals surface area contributed by atoms with Crippen LogP contribution in [0.2, 0.25) is 0 Å². The number of pyridine rings is 1. The Kier molecular flexibility index (Phi) is 11.1. The summed E-state index contributed by atoms with van der Waals surface area (Å²) in [5.74, 6) is 0.255. The van der Waals surface area contributed by atoms with E-state index < -0.39 is 0 Å². The van der Waals surface area contributed by atoms with Gasteiger partial charge in [0.15, 0.2) is 0 Å². The predicted molar refractivity (Wildman–Crippen MR) is 70.8 cm³/mol. The smallest absolute Gasteiger partial charge is 0.129 e. The Balaban J connectivity index is 0. The van der Waals surface area contributed by atoms with E-state index in [0.717, 1.165) is 5.69 Å². The van der Waals surface area contributed by atoms with Crippen molar-refractivity contribution in [3.63, 3.8) is 0 Å². The summed E-state index contributed by atoms with van der Waals surface area (Å²) in [6.07, 6.45) is 2.56. The molecule has 0 amide bonds. The maximum Gasteiger partial charge on any atom is 0.129 e. The summed E-state index contributed by atoms with van der Waals surface area (Å²) in [6, 6.07) is 2.14. The van der Waals surface area contributed by atoms with Crippen LogP contribution in [0.15, 0.2) is 12.3 Å². The summed E-state index contributed by atoms with van der Waals surface area (Å²) in [5, 5.41) is 0. The normalized spacial score (nSPS) is 8.19. The van der Waals surface area contributed by atoms with Crippen molar-refractivity contribution >= 4 is 5.78 Å². The minimum atomic E-state index is 0.255. The monoisotopic (exact) mass is 223 g/mol. The molecule has 0 atom stereocenters. The molecule has 0 spiro atoms. The molecule has 0 saturated carbocycles. The van der Waals surface area contributed by atoms with E-state index in [1.165, 1.54) is 11.1 Å². The standard InChI is InChI=1S/C8H11N.C4H8O.C2H6/c1-6-4-7(2)8(3)9-5-6;1-3-4(2)5;1-2/h4-5H,1-3H3;3H2,1-2H3;1-2H3. The summed E-state index contributed by atoms with van der Waals surface area (Å²) in [7, 11) is 0. The van der Waals surface area contributed by atoms with Crippen molar-refractivity contribution in [3.05, 3.63) is 29.1 Å². The highest BCUT2D eigenvalue weighted by Gasteiger charge is 1.90. The molecule has 0 aliphatic rings. The van der Waals surface area contributed by atoms with Crippen LogP contribution in [0.5, 0.6) is 0 Å². The minimum Gasteiger partial charge on any atom is -0.300 e. The van der Waals surface area contributed by atoms with Gasteiger partial charge in [-0.3, -0.25) is 4.98 Å². The second-order valence-corrected chi connectivity index (χ2v) is 3.47. The summed E-state index contributed by atoms with van der Waals surface area (Å²) in [5.41, 5.74) is 3.63. The molecule has 0 N–H and O–H groups in total. The zero-order valence-electron chi connectivity index (χ0n) is 11.7. The van der Waals surface area contributed by atoms with E-state index >= 15 is 0 Å². The number of Topliss-reactive ketones (excluding diaryl/α,β-unsaturated/α-hetero) is 1. The summed E-state index contributed by atoms with van der Waals surface area (Å²) >= 11 is 0. The van der Waals surface area contributed by atoms with Gasteiger partial charge in [0.1, 0.15) is 5.78 Å². The number of nitrogens with zero attached hydrogens (tertiary/aromatic N) is 1. The highest BCUT2D eigenvalue weighted by Crippen LogP contribution is 2.03. The number of carbonyl (C=O) groups excluding carboxylic acids is 1. The molecule has 0 fully saturated rings. The van der Waals surface area contributed by atoms with Crippen LogP contribution in [-0.2, 0) is 4.79 Å². The largest absolute Gasteiger partial charge is 0.300 e. The number of hydrogen-bond donors (Lipinski definition) is 0. The lowest BCUT2D eigenvalue weighted by atomic mass is 10.2. The first-order valence-electron chi connectivity index (χ1n) is 5.86. The van der Waals surface area contributed by atoms with Crippen LogP contribution in [-0.4, -0.2) is 10.8 Å². The molecule has 0 unspecified atom stereocenters. The SMILES string of the molecule is CC.CCC(C)=O.Cc1cnc(C)c(C)c1. The summed E-state index contributed by atoms with van der Waals surface area (Å²) in [6.45, 7) is 13.6. The Bertz CT molecular complexity index is 306. The first-order valence-corrected chi connectivity index (χ1v) is 5.86. The van der Waals surface area contributed by atoms with Gasteiger partial charge in [0.25, 0.3) is 0 Å². The predicted octanol–water partition coefficient (Wildman–Crippen LogP) is 4.02. The van der Waals surface area contributed by atoms with Crippen molar-refractivity contribution in [1.29, 1.82) is 0 Å². The Labute approximate surface area is 100 Å². The molecule has 1 rings (SSSR count). The van der Waals surface area contributed by atoms with Crippen molar-refractivity contribution < 1.29 is 4.79 Å². The second-order valence-electron chi connectivity index (χ2n) is 3.47.